The highest BCUT2D eigenvalue weighted by Crippen LogP contribution is 2.49. The van der Waals surface area contributed by atoms with Crippen LogP contribution in [0.2, 0.25) is 0 Å². The van der Waals surface area contributed by atoms with Gasteiger partial charge in [0.25, 0.3) is 5.91 Å². The fourth-order valence-electron chi connectivity index (χ4n) is 11.5. The first-order chi connectivity index (χ1) is 47.6. The predicted molar refractivity (Wildman–Crippen MR) is 351 cm³/mol. The lowest BCUT2D eigenvalue weighted by atomic mass is 9.85. The van der Waals surface area contributed by atoms with Crippen molar-refractivity contribution in [1.29, 1.82) is 0 Å². The Hall–Kier alpha value is -6.29. The number of carbonyl (C=O) groups excluding carboxylic acids is 7. The van der Waals surface area contributed by atoms with Crippen LogP contribution in [0.5, 0.6) is 0 Å². The molecule has 0 radical (unpaired) electrons. The van der Waals surface area contributed by atoms with Gasteiger partial charge in [0.15, 0.2) is 61.5 Å². The highest BCUT2D eigenvalue weighted by molar-refractivity contribution is 7.47. The summed E-state index contributed by atoms with van der Waals surface area (Å²) in [6.45, 7) is 17.7. The molecule has 0 aromatic carbocycles. The number of allylic oxidation sites excluding steroid dienone is 10. The van der Waals surface area contributed by atoms with Gasteiger partial charge in [0.1, 0.15) is 91.2 Å². The zero-order valence-corrected chi connectivity index (χ0v) is 59.8. The van der Waals surface area contributed by atoms with Crippen molar-refractivity contribution >= 4 is 55.1 Å². The second-order valence-corrected chi connectivity index (χ2v) is 28.2. The van der Waals surface area contributed by atoms with E-state index in [1.165, 1.54) is 18.1 Å². The van der Waals surface area contributed by atoms with E-state index < -0.39 is 215 Å². The van der Waals surface area contributed by atoms with Gasteiger partial charge in [-0.3, -0.25) is 37.8 Å². The molecule has 4 saturated heterocycles. The predicted octanol–water partition coefficient (Wildman–Crippen LogP) is 0.159. The zero-order chi connectivity index (χ0) is 76.5. The van der Waals surface area contributed by atoms with Crippen LogP contribution in [0.3, 0.4) is 0 Å². The van der Waals surface area contributed by atoms with Crippen molar-refractivity contribution in [3.63, 3.8) is 0 Å². The number of aliphatic hydroxyl groups excluding tert-OH is 7. The van der Waals surface area contributed by atoms with E-state index in [-0.39, 0.29) is 24.9 Å². The molecule has 4 fully saturated rings. The Bertz CT molecular complexity index is 3170. The molecule has 0 aromatic heterocycles. The molecule has 22 unspecified atom stereocenters. The van der Waals surface area contributed by atoms with Crippen LogP contribution in [0.15, 0.2) is 70.7 Å². The van der Waals surface area contributed by atoms with Gasteiger partial charge in [0.05, 0.1) is 19.3 Å². The van der Waals surface area contributed by atoms with Crippen molar-refractivity contribution in [3.05, 3.63) is 70.7 Å². The SMILES string of the molecule is C=C(CC=C(C)CCC=C(C)C)CCC(C)(C)C=CCCC(C)=CCOC(COP(=O)(O)OC1OC(C(N)=O)C(C)(O)C(OC(C)=O)C1OC1OC(COC(=O)CO)C(OC2OC(C)C(OC3OC(C(=O)NC4=C(O)CCC4=O)C(O)C(O)C3O)C(O)C2NC(C)=O)C(O)C1NC(C)=O)C(=O)O. The topological polar surface area (TPSA) is 529 Å². The third kappa shape index (κ3) is 24.9. The van der Waals surface area contributed by atoms with Crippen molar-refractivity contribution in [2.45, 2.75) is 262 Å². The van der Waals surface area contributed by atoms with Gasteiger partial charge >= 0.3 is 25.7 Å². The highest BCUT2D eigenvalue weighted by Gasteiger charge is 2.62. The Kier molecular flexibility index (Phi) is 32.7. The summed E-state index contributed by atoms with van der Waals surface area (Å²) in [5.74, 6) is -9.96. The van der Waals surface area contributed by atoms with Crippen molar-refractivity contribution in [3.8, 4) is 0 Å². The number of esters is 2. The van der Waals surface area contributed by atoms with Crippen LogP contribution < -0.4 is 21.7 Å². The Morgan fingerprint density at radius 1 is 0.775 bits per heavy atom. The molecule has 36 heteroatoms. The molecule has 5 rings (SSSR count). The largest absolute Gasteiger partial charge is 0.510 e. The van der Waals surface area contributed by atoms with Crippen molar-refractivity contribution in [2.75, 3.05) is 26.4 Å². The van der Waals surface area contributed by atoms with Crippen LogP contribution in [0, 0.1) is 5.41 Å². The zero-order valence-electron chi connectivity index (χ0n) is 58.9. The number of amides is 4. The van der Waals surface area contributed by atoms with Gasteiger partial charge in [-0.25, -0.2) is 14.2 Å². The van der Waals surface area contributed by atoms with Gasteiger partial charge in [-0.2, -0.15) is 0 Å². The van der Waals surface area contributed by atoms with Gasteiger partial charge < -0.3 is 120 Å². The number of phosphoric acid groups is 1. The maximum Gasteiger partial charge on any atom is 0.474 e. The Morgan fingerprint density at radius 3 is 1.95 bits per heavy atom. The number of nitrogens with one attached hydrogen (secondary N) is 3. The lowest BCUT2D eigenvalue weighted by molar-refractivity contribution is -0.371. The average Bonchev–Trinajstić information content (AvgIpc) is 0.813. The number of carbonyl (C=O) groups is 8. The third-order valence-electron chi connectivity index (χ3n) is 17.2. The number of carboxylic acids is 1. The molecule has 15 N–H and O–H groups in total. The summed E-state index contributed by atoms with van der Waals surface area (Å²) in [6.07, 6.45) is -22.3. The molecule has 4 aliphatic heterocycles. The van der Waals surface area contributed by atoms with E-state index in [1.807, 2.05) is 0 Å². The summed E-state index contributed by atoms with van der Waals surface area (Å²) >= 11 is 0. The minimum Gasteiger partial charge on any atom is -0.510 e. The lowest BCUT2D eigenvalue weighted by Gasteiger charge is -2.51. The van der Waals surface area contributed by atoms with Crippen LogP contribution in [-0.2, 0) is 99.3 Å². The maximum atomic E-state index is 14.0. The highest BCUT2D eigenvalue weighted by atomic mass is 31.2. The number of primary amides is 1. The summed E-state index contributed by atoms with van der Waals surface area (Å²) in [7, 11) is -5.76. The number of rotatable bonds is 36. The monoisotopic (exact) mass is 1480 g/mol. The van der Waals surface area contributed by atoms with E-state index in [2.05, 4.69) is 81.5 Å². The van der Waals surface area contributed by atoms with Crippen LogP contribution in [0.1, 0.15) is 134 Å². The van der Waals surface area contributed by atoms with Gasteiger partial charge in [-0.15, -0.1) is 0 Å². The fraction of sp³-hybridized carbons (Fsp3) is 0.697. The van der Waals surface area contributed by atoms with E-state index in [9.17, 15) is 93.8 Å². The molecule has 4 heterocycles. The first-order valence-electron chi connectivity index (χ1n) is 33.1. The molecule has 0 bridgehead atoms. The fourth-order valence-corrected chi connectivity index (χ4v) is 12.3. The normalized spacial score (nSPS) is 32.6. The molecule has 0 spiro atoms. The minimum absolute atomic E-state index is 0.109. The summed E-state index contributed by atoms with van der Waals surface area (Å²) < 4.78 is 82.3. The number of phosphoric ester groups is 1. The molecule has 102 heavy (non-hydrogen) atoms. The molecule has 0 saturated carbocycles. The van der Waals surface area contributed by atoms with Gasteiger partial charge in [0.2, 0.25) is 17.7 Å². The second-order valence-electron chi connectivity index (χ2n) is 26.8. The molecule has 35 nitrogen and oxygen atoms in total. The summed E-state index contributed by atoms with van der Waals surface area (Å²) in [5, 5.41) is 106. The first-order valence-corrected chi connectivity index (χ1v) is 34.6. The van der Waals surface area contributed by atoms with E-state index in [1.54, 1.807) is 13.0 Å². The smallest absolute Gasteiger partial charge is 0.474 e. The number of hydrogen-bond donors (Lipinski definition) is 14. The van der Waals surface area contributed by atoms with E-state index in [0.29, 0.717) is 12.8 Å². The third-order valence-corrected chi connectivity index (χ3v) is 18.2. The number of ether oxygens (including phenoxy) is 10. The van der Waals surface area contributed by atoms with Crippen molar-refractivity contribution in [1.82, 2.24) is 16.0 Å². The number of Topliss-reactive ketones (excluding diaryl/α,β-unsaturated/α-hetero) is 1. The van der Waals surface area contributed by atoms with Crippen molar-refractivity contribution in [2.24, 2.45) is 11.1 Å². The number of aliphatic hydroxyl groups is 8. The van der Waals surface area contributed by atoms with E-state index >= 15 is 0 Å². The Morgan fingerprint density at radius 2 is 1.37 bits per heavy atom. The number of carboxylic acid groups (broad SMARTS) is 1. The Labute approximate surface area is 589 Å². The molecular weight excluding hydrogens is 1380 g/mol. The molecule has 5 aliphatic rings. The van der Waals surface area contributed by atoms with Crippen molar-refractivity contribution < 1.29 is 150 Å². The minimum atomic E-state index is -5.76. The molecule has 22 atom stereocenters. The number of nitrogens with two attached hydrogens (primary N) is 1. The average molecular weight is 1480 g/mol. The van der Waals surface area contributed by atoms with E-state index in [0.717, 1.165) is 70.9 Å². The van der Waals surface area contributed by atoms with E-state index in [4.69, 9.17) is 62.1 Å². The maximum absolute atomic E-state index is 14.0. The second kappa shape index (κ2) is 38.6. The quantitative estimate of drug-likeness (QED) is 0.0226. The Balaban J connectivity index is 1.35. The van der Waals surface area contributed by atoms with Crippen LogP contribution in [-0.4, -0.2) is 253 Å². The molecule has 0 aromatic rings. The van der Waals surface area contributed by atoms with Gasteiger partial charge in [-0.1, -0.05) is 73.1 Å². The first kappa shape index (κ1) is 86.4. The van der Waals surface area contributed by atoms with Crippen LogP contribution in [0.25, 0.3) is 0 Å². The summed E-state index contributed by atoms with van der Waals surface area (Å²) in [5.41, 5.74) is 6.75. The standard InChI is InChI=1S/C66H101N4O31P/c1-31(2)16-15-18-32(3)19-20-34(5)23-26-65(10,11)25-14-13-17-33(4)24-27-90-42(60(85)86)30-92-102(88,89)101-64-55(56(94-38(9)74)66(12,87)57(100-64)58(67)83)99-62-46(69-37(8)73)48(79)53(41(95-62)29-91-43(77)28-71)97-61-45(68-36(7)72)47(78)52(35(6)93-61)96-63-51(82)49(80)50(81)54(98-63)59(84)70-44-39(75)21-22-40(44)76/h14,16,19,24-25,35,41-42,45-57,61-64,71,75,78-82,87H,5,13,15,17-18,20-23,26-30H2,1-4,6-12H3,(H2,67,83)(H,68,72)(H,69,73)(H,70,84)(H,85,86)(H,88,89). The van der Waals surface area contributed by atoms with Gasteiger partial charge in [0, 0.05) is 33.6 Å². The van der Waals surface area contributed by atoms with Crippen LogP contribution in [0.4, 0.5) is 0 Å². The summed E-state index contributed by atoms with van der Waals surface area (Å²) in [4.78, 5) is 114. The molecule has 576 valence electrons. The number of aliphatic carboxylic acids is 1. The van der Waals surface area contributed by atoms with Gasteiger partial charge in [-0.05, 0) is 91.9 Å². The summed E-state index contributed by atoms with van der Waals surface area (Å²) in [6, 6.07) is -3.84. The molecule has 4 amide bonds. The van der Waals surface area contributed by atoms with Crippen LogP contribution >= 0.6 is 7.82 Å². The molecule has 1 aliphatic carbocycles. The lowest BCUT2D eigenvalue weighted by Crippen LogP contribution is -2.72. The number of hydrogen-bond acceptors (Lipinski definition) is 29. The number of ketones is 1. The molecular formula is C66H101N4O31P.